The van der Waals surface area contributed by atoms with Crippen LogP contribution in [0.15, 0.2) is 65.4 Å². The van der Waals surface area contributed by atoms with Gasteiger partial charge >= 0.3 is 0 Å². The summed E-state index contributed by atoms with van der Waals surface area (Å²) in [6.45, 7) is 3.29. The van der Waals surface area contributed by atoms with Crippen LogP contribution in [0.1, 0.15) is 5.56 Å². The Bertz CT molecular complexity index is 1090. The molecule has 0 bridgehead atoms. The third-order valence-electron chi connectivity index (χ3n) is 4.08. The van der Waals surface area contributed by atoms with Gasteiger partial charge in [-0.25, -0.2) is 8.42 Å². The summed E-state index contributed by atoms with van der Waals surface area (Å²) in [6, 6.07) is 13.2. The first-order chi connectivity index (χ1) is 15.0. The van der Waals surface area contributed by atoms with Gasteiger partial charge in [-0.2, -0.15) is 0 Å². The molecule has 7 nitrogen and oxygen atoms in total. The Balaban J connectivity index is 2.12. The minimum absolute atomic E-state index is 0.000959. The molecule has 3 N–H and O–H groups in total. The predicted octanol–water partition coefficient (Wildman–Crippen LogP) is 3.95. The average molecular weight is 537 g/mol. The van der Waals surface area contributed by atoms with Crippen molar-refractivity contribution < 1.29 is 17.9 Å². The fraction of sp³-hybridized carbons (Fsp3) is 0.200. The van der Waals surface area contributed by atoms with E-state index < -0.39 is 19.8 Å². The van der Waals surface area contributed by atoms with Crippen molar-refractivity contribution in [2.24, 2.45) is 0 Å². The van der Waals surface area contributed by atoms with Gasteiger partial charge in [0.1, 0.15) is 11.9 Å². The first-order valence-corrected chi connectivity index (χ1v) is 12.1. The highest BCUT2D eigenvalue weighted by Gasteiger charge is 2.34. The van der Waals surface area contributed by atoms with E-state index in [1.807, 2.05) is 18.2 Å². The van der Waals surface area contributed by atoms with Crippen LogP contribution in [0, 0.1) is 0 Å². The molecule has 0 saturated heterocycles. The van der Waals surface area contributed by atoms with Crippen molar-refractivity contribution in [2.45, 2.75) is 21.3 Å². The van der Waals surface area contributed by atoms with Gasteiger partial charge in [-0.3, -0.25) is 4.79 Å². The van der Waals surface area contributed by atoms with E-state index >= 15 is 0 Å². The summed E-state index contributed by atoms with van der Waals surface area (Å²) in [4.78, 5) is 12.4. The summed E-state index contributed by atoms with van der Waals surface area (Å²) in [7, 11) is -2.28. The third kappa shape index (κ3) is 7.53. The number of rotatable bonds is 8. The summed E-state index contributed by atoms with van der Waals surface area (Å²) >= 11 is 23.3. The number of anilines is 1. The van der Waals surface area contributed by atoms with Crippen molar-refractivity contribution in [3.63, 3.8) is 0 Å². The normalized spacial score (nSPS) is 12.4. The van der Waals surface area contributed by atoms with Crippen molar-refractivity contribution in [1.82, 2.24) is 10.6 Å². The van der Waals surface area contributed by atoms with Crippen molar-refractivity contribution in [3.8, 4) is 5.75 Å². The van der Waals surface area contributed by atoms with Gasteiger partial charge < -0.3 is 20.7 Å². The van der Waals surface area contributed by atoms with E-state index in [1.165, 1.54) is 25.3 Å². The molecular formula is C20H20Cl3N3O4S2. The monoisotopic (exact) mass is 535 g/mol. The Hall–Kier alpha value is -2.04. The largest absolute Gasteiger partial charge is 0.495 e. The van der Waals surface area contributed by atoms with E-state index in [-0.39, 0.29) is 28.1 Å². The zero-order chi connectivity index (χ0) is 23.9. The topological polar surface area (TPSA) is 96.5 Å². The van der Waals surface area contributed by atoms with E-state index in [0.717, 1.165) is 11.0 Å². The lowest BCUT2D eigenvalue weighted by atomic mass is 10.1. The second-order valence-corrected chi connectivity index (χ2v) is 11.0. The van der Waals surface area contributed by atoms with Crippen LogP contribution in [0.3, 0.4) is 0 Å². The molecule has 32 heavy (non-hydrogen) atoms. The van der Waals surface area contributed by atoms with Gasteiger partial charge in [-0.05, 0) is 29.9 Å². The second-order valence-electron chi connectivity index (χ2n) is 6.38. The van der Waals surface area contributed by atoms with E-state index in [2.05, 4.69) is 22.5 Å². The molecule has 2 aromatic carbocycles. The Morgan fingerprint density at radius 2 is 1.84 bits per heavy atom. The van der Waals surface area contributed by atoms with Crippen LogP contribution in [0.4, 0.5) is 5.69 Å². The third-order valence-corrected chi connectivity index (χ3v) is 6.31. The molecule has 0 spiro atoms. The Morgan fingerprint density at radius 3 is 2.41 bits per heavy atom. The number of hydrogen-bond donors (Lipinski definition) is 3. The Labute approximate surface area is 207 Å². The number of thiocarbonyl (C=S) groups is 1. The molecule has 0 aliphatic carbocycles. The fourth-order valence-electron chi connectivity index (χ4n) is 2.53. The van der Waals surface area contributed by atoms with E-state index in [4.69, 9.17) is 51.8 Å². The molecule has 1 amide bonds. The van der Waals surface area contributed by atoms with Crippen LogP contribution < -0.4 is 20.7 Å². The number of nitrogens with one attached hydrogen (secondary N) is 3. The molecule has 2 aromatic rings. The van der Waals surface area contributed by atoms with Gasteiger partial charge in [0.05, 0.1) is 24.1 Å². The summed E-state index contributed by atoms with van der Waals surface area (Å²) in [5, 5.41) is 8.99. The lowest BCUT2D eigenvalue weighted by Gasteiger charge is -2.28. The average Bonchev–Trinajstić information content (AvgIpc) is 2.73. The highest BCUT2D eigenvalue weighted by atomic mass is 35.6. The predicted molar refractivity (Wildman–Crippen MR) is 132 cm³/mol. The van der Waals surface area contributed by atoms with Crippen molar-refractivity contribution in [1.29, 1.82) is 0 Å². The first-order valence-electron chi connectivity index (χ1n) is 8.99. The molecule has 2 rings (SSSR count). The van der Waals surface area contributed by atoms with E-state index in [9.17, 15) is 13.2 Å². The van der Waals surface area contributed by atoms with Crippen LogP contribution in [0.2, 0.25) is 0 Å². The first kappa shape index (κ1) is 26.2. The number of amides is 1. The molecule has 0 aliphatic heterocycles. The minimum Gasteiger partial charge on any atom is -0.495 e. The lowest BCUT2D eigenvalue weighted by molar-refractivity contribution is -0.121. The maximum Gasteiger partial charge on any atom is 0.228 e. The smallest absolute Gasteiger partial charge is 0.228 e. The number of carbonyl (C=O) groups is 1. The van der Waals surface area contributed by atoms with Crippen LogP contribution >= 0.6 is 47.0 Å². The van der Waals surface area contributed by atoms with Crippen LogP contribution in [0.25, 0.3) is 0 Å². The van der Waals surface area contributed by atoms with Crippen LogP contribution in [-0.2, 0) is 21.1 Å². The number of carbonyl (C=O) groups excluding carboxylic acids is 1. The second kappa shape index (κ2) is 11.2. The molecule has 0 unspecified atom stereocenters. The molecule has 12 heteroatoms. The fourth-order valence-corrected chi connectivity index (χ4v) is 3.81. The molecule has 0 aromatic heterocycles. The Morgan fingerprint density at radius 1 is 1.19 bits per heavy atom. The highest BCUT2D eigenvalue weighted by Crippen LogP contribution is 2.30. The molecule has 0 heterocycles. The SMILES string of the molecule is C=CS(=O)(=O)c1ccc(NC(=S)N[C@H](NC(=O)Cc2ccccc2)C(Cl)(Cl)Cl)c(OC)c1. The van der Waals surface area contributed by atoms with Gasteiger partial charge in [0.2, 0.25) is 9.70 Å². The van der Waals surface area contributed by atoms with Gasteiger partial charge in [0.25, 0.3) is 0 Å². The number of sulfone groups is 1. The Kier molecular flexibility index (Phi) is 9.18. The van der Waals surface area contributed by atoms with Gasteiger partial charge in [-0.1, -0.05) is 71.7 Å². The molecule has 1 atom stereocenters. The van der Waals surface area contributed by atoms with E-state index in [1.54, 1.807) is 12.1 Å². The van der Waals surface area contributed by atoms with E-state index in [0.29, 0.717) is 5.69 Å². The van der Waals surface area contributed by atoms with Gasteiger partial charge in [0, 0.05) is 11.5 Å². The van der Waals surface area contributed by atoms with Crippen LogP contribution in [-0.4, -0.2) is 36.5 Å². The molecule has 0 aliphatic rings. The number of alkyl halides is 3. The molecular weight excluding hydrogens is 517 g/mol. The maximum atomic E-state index is 12.4. The van der Waals surface area contributed by atoms with Crippen molar-refractivity contribution >= 4 is 73.6 Å². The number of methoxy groups -OCH3 is 1. The highest BCUT2D eigenvalue weighted by molar-refractivity contribution is 7.94. The summed E-state index contributed by atoms with van der Waals surface area (Å²) in [5.74, 6) is -0.185. The molecule has 0 saturated carbocycles. The number of ether oxygens (including phenoxy) is 1. The van der Waals surface area contributed by atoms with Crippen molar-refractivity contribution in [3.05, 3.63) is 66.1 Å². The summed E-state index contributed by atoms with van der Waals surface area (Å²) in [6.07, 6.45) is -1.08. The summed E-state index contributed by atoms with van der Waals surface area (Å²) < 4.78 is 27.3. The quantitative estimate of drug-likeness (QED) is 0.267. The lowest BCUT2D eigenvalue weighted by Crippen LogP contribution is -2.56. The minimum atomic E-state index is -3.65. The zero-order valence-electron chi connectivity index (χ0n) is 16.8. The standard InChI is InChI=1S/C20H20Cl3N3O4S2/c1-3-32(28,29)14-9-10-15(16(12-14)30-2)24-19(31)26-18(20(21,22)23)25-17(27)11-13-7-5-4-6-8-13/h3-10,12,18H,1,11H2,2H3,(H,25,27)(H2,24,26,31)/t18-/m0/s1. The van der Waals surface area contributed by atoms with Crippen LogP contribution in [0.5, 0.6) is 5.75 Å². The molecule has 0 fully saturated rings. The molecule has 0 radical (unpaired) electrons. The number of halogens is 3. The zero-order valence-corrected chi connectivity index (χ0v) is 20.7. The van der Waals surface area contributed by atoms with Crippen molar-refractivity contribution in [2.75, 3.05) is 12.4 Å². The summed E-state index contributed by atoms with van der Waals surface area (Å²) in [5.41, 5.74) is 1.14. The number of benzene rings is 2. The van der Waals surface area contributed by atoms with Gasteiger partial charge in [0.15, 0.2) is 14.9 Å². The number of hydrogen-bond acceptors (Lipinski definition) is 5. The molecule has 172 valence electrons. The maximum absolute atomic E-state index is 12.4. The van der Waals surface area contributed by atoms with Gasteiger partial charge in [-0.15, -0.1) is 0 Å².